The van der Waals surface area contributed by atoms with Crippen LogP contribution in [0.4, 0.5) is 0 Å². The molecule has 0 aromatic rings. The molecule has 6 nitrogen and oxygen atoms in total. The van der Waals surface area contributed by atoms with Crippen LogP contribution in [0.15, 0.2) is 48.6 Å². The fourth-order valence-corrected chi connectivity index (χ4v) is 9.69. The van der Waals surface area contributed by atoms with Gasteiger partial charge in [0.2, 0.25) is 0 Å². The number of carbonyl (C=O) groups is 3. The van der Waals surface area contributed by atoms with Crippen LogP contribution in [0.1, 0.15) is 348 Å². The van der Waals surface area contributed by atoms with Gasteiger partial charge in [-0.1, -0.05) is 301 Å². The first kappa shape index (κ1) is 71.4. The lowest BCUT2D eigenvalue weighted by Crippen LogP contribution is -2.30. The molecule has 6 heteroatoms. The maximum atomic E-state index is 12.9. The summed E-state index contributed by atoms with van der Waals surface area (Å²) < 4.78 is 16.9. The summed E-state index contributed by atoms with van der Waals surface area (Å²) in [5.74, 6) is -0.871. The zero-order chi connectivity index (χ0) is 53.6. The van der Waals surface area contributed by atoms with E-state index in [1.165, 1.54) is 212 Å². The smallest absolute Gasteiger partial charge is 0.306 e. The van der Waals surface area contributed by atoms with Crippen LogP contribution >= 0.6 is 0 Å². The van der Waals surface area contributed by atoms with Crippen molar-refractivity contribution in [3.05, 3.63) is 48.6 Å². The van der Waals surface area contributed by atoms with E-state index in [9.17, 15) is 14.4 Å². The van der Waals surface area contributed by atoms with Crippen molar-refractivity contribution in [2.24, 2.45) is 0 Å². The number of hydrogen-bond donors (Lipinski definition) is 0. The molecule has 1 unspecified atom stereocenters. The number of hydrogen-bond acceptors (Lipinski definition) is 6. The highest BCUT2D eigenvalue weighted by atomic mass is 16.6. The number of rotatable bonds is 60. The van der Waals surface area contributed by atoms with Crippen LogP contribution in [0, 0.1) is 0 Å². The molecule has 0 heterocycles. The molecule has 0 aliphatic heterocycles. The minimum Gasteiger partial charge on any atom is -0.462 e. The molecule has 0 rings (SSSR count). The minimum absolute atomic E-state index is 0.0753. The Balaban J connectivity index is 4.30. The van der Waals surface area contributed by atoms with Crippen LogP contribution in [0.2, 0.25) is 0 Å². The number of esters is 3. The number of carbonyl (C=O) groups excluding carboxylic acids is 3. The predicted octanol–water partition coefficient (Wildman–Crippen LogP) is 22.2. The highest BCUT2D eigenvalue weighted by Gasteiger charge is 2.19. The molecule has 0 radical (unpaired) electrons. The molecule has 0 aromatic heterocycles. The van der Waals surface area contributed by atoms with Gasteiger partial charge in [-0.2, -0.15) is 0 Å². The lowest BCUT2D eigenvalue weighted by Gasteiger charge is -2.18. The molecule has 0 bridgehead atoms. The lowest BCUT2D eigenvalue weighted by atomic mass is 10.0. The first-order valence-electron chi connectivity index (χ1n) is 32.6. The van der Waals surface area contributed by atoms with Gasteiger partial charge in [0.15, 0.2) is 6.10 Å². The Bertz CT molecular complexity index is 1280. The van der Waals surface area contributed by atoms with E-state index in [2.05, 4.69) is 69.4 Å². The van der Waals surface area contributed by atoms with Crippen LogP contribution in [-0.2, 0) is 28.6 Å². The van der Waals surface area contributed by atoms with Crippen molar-refractivity contribution in [2.45, 2.75) is 354 Å². The van der Waals surface area contributed by atoms with E-state index in [-0.39, 0.29) is 31.1 Å². The Labute approximate surface area is 460 Å². The largest absolute Gasteiger partial charge is 0.462 e. The summed E-state index contributed by atoms with van der Waals surface area (Å²) in [5, 5.41) is 0. The highest BCUT2D eigenvalue weighted by Crippen LogP contribution is 2.18. The maximum Gasteiger partial charge on any atom is 0.306 e. The van der Waals surface area contributed by atoms with Crippen LogP contribution in [0.25, 0.3) is 0 Å². The summed E-state index contributed by atoms with van der Waals surface area (Å²) in [5.41, 5.74) is 0. The molecule has 0 saturated heterocycles. The molecule has 0 N–H and O–H groups in total. The van der Waals surface area contributed by atoms with Gasteiger partial charge in [-0.05, 0) is 77.0 Å². The van der Waals surface area contributed by atoms with Gasteiger partial charge in [0.25, 0.3) is 0 Å². The Kier molecular flexibility index (Phi) is 60.7. The molecule has 0 aliphatic carbocycles. The fraction of sp³-hybridized carbons (Fsp3) is 0.838. The van der Waals surface area contributed by atoms with Gasteiger partial charge in [-0.3, -0.25) is 14.4 Å². The summed E-state index contributed by atoms with van der Waals surface area (Å²) in [6.45, 7) is 6.57. The normalized spacial score (nSPS) is 12.3. The van der Waals surface area contributed by atoms with Crippen molar-refractivity contribution in [1.82, 2.24) is 0 Å². The molecule has 0 saturated carbocycles. The molecule has 0 spiro atoms. The molecule has 432 valence electrons. The predicted molar refractivity (Wildman–Crippen MR) is 321 cm³/mol. The second-order valence-corrected chi connectivity index (χ2v) is 22.0. The third-order valence-corrected chi connectivity index (χ3v) is 14.6. The van der Waals surface area contributed by atoms with E-state index in [0.717, 1.165) is 96.3 Å². The van der Waals surface area contributed by atoms with E-state index in [1.807, 2.05) is 0 Å². The third kappa shape index (κ3) is 60.2. The summed E-state index contributed by atoms with van der Waals surface area (Å²) >= 11 is 0. The van der Waals surface area contributed by atoms with E-state index in [0.29, 0.717) is 19.3 Å². The van der Waals surface area contributed by atoms with Crippen molar-refractivity contribution in [3.63, 3.8) is 0 Å². The molecule has 1 atom stereocenters. The van der Waals surface area contributed by atoms with Crippen molar-refractivity contribution in [2.75, 3.05) is 13.2 Å². The van der Waals surface area contributed by atoms with Crippen LogP contribution in [0.5, 0.6) is 0 Å². The summed E-state index contributed by atoms with van der Waals surface area (Å²) in [6, 6.07) is 0. The monoisotopic (exact) mass is 1040 g/mol. The molecule has 0 amide bonds. The Hall–Kier alpha value is -2.63. The average Bonchev–Trinajstić information content (AvgIpc) is 3.40. The first-order valence-corrected chi connectivity index (χ1v) is 32.6. The zero-order valence-electron chi connectivity index (χ0n) is 49.6. The summed E-state index contributed by atoms with van der Waals surface area (Å²) in [6.07, 6.45) is 78.4. The average molecular weight is 1040 g/mol. The maximum absolute atomic E-state index is 12.9. The Morgan fingerprint density at radius 1 is 0.284 bits per heavy atom. The first-order chi connectivity index (χ1) is 36.5. The van der Waals surface area contributed by atoms with Crippen LogP contribution in [-0.4, -0.2) is 37.2 Å². The van der Waals surface area contributed by atoms with Gasteiger partial charge in [-0.15, -0.1) is 0 Å². The second-order valence-electron chi connectivity index (χ2n) is 22.0. The standard InChI is InChI=1S/C68H124O6/c1-4-7-10-13-16-19-22-25-28-30-32-33-34-35-36-38-40-43-46-49-52-55-58-61-67(70)73-64-65(63-72-66(69)60-57-54-51-48-45-42-39-27-24-21-18-15-12-9-6-3)74-68(71)62-59-56-53-50-47-44-41-37-31-29-26-23-20-17-14-11-8-5-2/h9,12,18,21,27,30,32,39,65H,4-8,10-11,13-17,19-20,22-26,28-29,31,33-38,40-64H2,1-3H3/b12-9-,21-18-,32-30-,39-27-. The van der Waals surface area contributed by atoms with Gasteiger partial charge in [0, 0.05) is 19.3 Å². The van der Waals surface area contributed by atoms with E-state index in [4.69, 9.17) is 14.2 Å². The minimum atomic E-state index is -0.779. The highest BCUT2D eigenvalue weighted by molar-refractivity contribution is 5.71. The van der Waals surface area contributed by atoms with E-state index in [1.54, 1.807) is 0 Å². The van der Waals surface area contributed by atoms with Crippen LogP contribution in [0.3, 0.4) is 0 Å². The topological polar surface area (TPSA) is 78.9 Å². The Morgan fingerprint density at radius 2 is 0.527 bits per heavy atom. The molecule has 74 heavy (non-hydrogen) atoms. The molecule has 0 fully saturated rings. The molecule has 0 aromatic carbocycles. The van der Waals surface area contributed by atoms with E-state index < -0.39 is 6.10 Å². The quantitative estimate of drug-likeness (QED) is 0.0261. The van der Waals surface area contributed by atoms with Gasteiger partial charge in [0.1, 0.15) is 13.2 Å². The van der Waals surface area contributed by atoms with Crippen molar-refractivity contribution in [3.8, 4) is 0 Å². The third-order valence-electron chi connectivity index (χ3n) is 14.6. The number of unbranched alkanes of at least 4 members (excludes halogenated alkanes) is 41. The van der Waals surface area contributed by atoms with E-state index >= 15 is 0 Å². The Morgan fingerprint density at radius 3 is 0.838 bits per heavy atom. The van der Waals surface area contributed by atoms with Gasteiger partial charge in [-0.25, -0.2) is 0 Å². The van der Waals surface area contributed by atoms with Crippen molar-refractivity contribution in [1.29, 1.82) is 0 Å². The number of ether oxygens (including phenoxy) is 3. The SMILES string of the molecule is CC/C=C\C/C=C\C/C=C\CCCCCCCC(=O)OCC(COC(=O)CCCCCCCCCCCCC/C=C\CCCCCCCCCC)OC(=O)CCCCCCCCCCCCCCCCCCCC. The summed E-state index contributed by atoms with van der Waals surface area (Å²) in [7, 11) is 0. The van der Waals surface area contributed by atoms with Crippen molar-refractivity contribution >= 4 is 17.9 Å². The van der Waals surface area contributed by atoms with Crippen LogP contribution < -0.4 is 0 Å². The van der Waals surface area contributed by atoms with Gasteiger partial charge in [0.05, 0.1) is 0 Å². The molecular formula is C68H124O6. The van der Waals surface area contributed by atoms with Crippen molar-refractivity contribution < 1.29 is 28.6 Å². The second kappa shape index (κ2) is 62.9. The summed E-state index contributed by atoms with van der Waals surface area (Å²) in [4.78, 5) is 38.3. The van der Waals surface area contributed by atoms with Gasteiger partial charge >= 0.3 is 17.9 Å². The molecular weight excluding hydrogens is 913 g/mol. The van der Waals surface area contributed by atoms with Gasteiger partial charge < -0.3 is 14.2 Å². The lowest BCUT2D eigenvalue weighted by molar-refractivity contribution is -0.167. The molecule has 0 aliphatic rings. The zero-order valence-corrected chi connectivity index (χ0v) is 49.6. The number of allylic oxidation sites excluding steroid dienone is 8. The fourth-order valence-electron chi connectivity index (χ4n) is 9.69.